The molecule has 1 amide bonds. The van der Waals surface area contributed by atoms with E-state index in [1.165, 1.54) is 27.8 Å². The number of anilines is 1. The van der Waals surface area contributed by atoms with Crippen molar-refractivity contribution in [3.05, 3.63) is 113 Å². The van der Waals surface area contributed by atoms with Crippen molar-refractivity contribution in [3.8, 4) is 0 Å². The van der Waals surface area contributed by atoms with Gasteiger partial charge in [0.1, 0.15) is 5.76 Å². The first-order valence-corrected chi connectivity index (χ1v) is 14.3. The number of aryl methyl sites for hydroxylation is 2. The smallest absolute Gasteiger partial charge is 0.260 e. The normalized spacial score (nSPS) is 11.8. The van der Waals surface area contributed by atoms with Gasteiger partial charge in [0.15, 0.2) is 5.13 Å². The van der Waals surface area contributed by atoms with Crippen LogP contribution in [0.5, 0.6) is 0 Å². The predicted octanol–water partition coefficient (Wildman–Crippen LogP) is 6.17. The number of fused-ring (bicyclic) bond motifs is 1. The fraction of sp³-hybridized carbons (Fsp3) is 0.172. The van der Waals surface area contributed by atoms with Gasteiger partial charge in [-0.15, -0.1) is 0 Å². The number of sulfonamides is 1. The Morgan fingerprint density at radius 3 is 2.26 bits per heavy atom. The number of amides is 1. The van der Waals surface area contributed by atoms with E-state index in [0.29, 0.717) is 16.5 Å². The molecule has 0 unspecified atom stereocenters. The lowest BCUT2D eigenvalue weighted by atomic mass is 10.1. The molecule has 5 rings (SSSR count). The number of rotatable bonds is 8. The SMILES string of the molecule is Cc1ccc(C)c2sc(N(Cc3ccco3)C(=O)c3ccc(S(=O)(=O)N(C)Cc4ccccc4)cc3)nc12. The van der Waals surface area contributed by atoms with Gasteiger partial charge in [-0.1, -0.05) is 53.8 Å². The Hall–Kier alpha value is -3.79. The highest BCUT2D eigenvalue weighted by Gasteiger charge is 2.25. The molecule has 0 radical (unpaired) electrons. The molecule has 0 aliphatic carbocycles. The topological polar surface area (TPSA) is 83.7 Å². The van der Waals surface area contributed by atoms with Crippen molar-refractivity contribution in [1.82, 2.24) is 9.29 Å². The Kier molecular flexibility index (Phi) is 7.16. The molecule has 0 spiro atoms. The second-order valence-corrected chi connectivity index (χ2v) is 12.1. The quantitative estimate of drug-likeness (QED) is 0.233. The number of carbonyl (C=O) groups is 1. The predicted molar refractivity (Wildman–Crippen MR) is 150 cm³/mol. The van der Waals surface area contributed by atoms with E-state index in [1.54, 1.807) is 36.4 Å². The fourth-order valence-electron chi connectivity index (χ4n) is 4.18. The maximum absolute atomic E-state index is 13.7. The zero-order chi connectivity index (χ0) is 26.9. The van der Waals surface area contributed by atoms with Crippen LogP contribution in [0.1, 0.15) is 32.8 Å². The molecular formula is C29H27N3O4S2. The number of furan rings is 1. The highest BCUT2D eigenvalue weighted by molar-refractivity contribution is 7.89. The van der Waals surface area contributed by atoms with E-state index in [4.69, 9.17) is 9.40 Å². The highest BCUT2D eigenvalue weighted by atomic mass is 32.2. The first-order chi connectivity index (χ1) is 18.2. The molecule has 2 heterocycles. The average Bonchev–Trinajstić information content (AvgIpc) is 3.61. The van der Waals surface area contributed by atoms with E-state index in [2.05, 4.69) is 0 Å². The van der Waals surface area contributed by atoms with Crippen LogP contribution in [0.15, 0.2) is 94.4 Å². The second kappa shape index (κ2) is 10.5. The summed E-state index contributed by atoms with van der Waals surface area (Å²) in [6, 6.07) is 23.1. The van der Waals surface area contributed by atoms with Gasteiger partial charge in [0.05, 0.1) is 27.9 Å². The van der Waals surface area contributed by atoms with Crippen LogP contribution in [0.4, 0.5) is 5.13 Å². The second-order valence-electron chi connectivity index (χ2n) is 9.12. The largest absolute Gasteiger partial charge is 0.467 e. The van der Waals surface area contributed by atoms with E-state index < -0.39 is 10.0 Å². The van der Waals surface area contributed by atoms with Crippen molar-refractivity contribution in [1.29, 1.82) is 0 Å². The summed E-state index contributed by atoms with van der Waals surface area (Å²) in [4.78, 5) is 20.2. The fourth-order valence-corrected chi connectivity index (χ4v) is 6.45. The number of aromatic nitrogens is 1. The average molecular weight is 546 g/mol. The summed E-state index contributed by atoms with van der Waals surface area (Å²) in [7, 11) is -2.19. The standard InChI is InChI=1S/C29H27N3O4S2/c1-20-11-12-21(2)27-26(20)30-29(37-27)32(19-24-10-7-17-36-24)28(33)23-13-15-25(16-14-23)38(34,35)31(3)18-22-8-5-4-6-9-22/h4-17H,18-19H2,1-3H3. The molecule has 0 saturated heterocycles. The van der Waals surface area contributed by atoms with E-state index in [0.717, 1.165) is 26.9 Å². The van der Waals surface area contributed by atoms with Crippen LogP contribution >= 0.6 is 11.3 Å². The van der Waals surface area contributed by atoms with E-state index >= 15 is 0 Å². The molecule has 0 saturated carbocycles. The van der Waals surface area contributed by atoms with Crippen LogP contribution in [-0.2, 0) is 23.1 Å². The van der Waals surface area contributed by atoms with Gasteiger partial charge in [0.2, 0.25) is 10.0 Å². The first kappa shape index (κ1) is 25.8. The summed E-state index contributed by atoms with van der Waals surface area (Å²) in [5, 5.41) is 0.554. The van der Waals surface area contributed by atoms with E-state index in [1.807, 2.05) is 62.4 Å². The Bertz CT molecular complexity index is 1640. The van der Waals surface area contributed by atoms with Gasteiger partial charge in [-0.3, -0.25) is 9.69 Å². The minimum Gasteiger partial charge on any atom is -0.467 e. The molecule has 0 aliphatic heterocycles. The summed E-state index contributed by atoms with van der Waals surface area (Å²) in [6.45, 7) is 4.47. The zero-order valence-electron chi connectivity index (χ0n) is 21.3. The van der Waals surface area contributed by atoms with Gasteiger partial charge in [-0.05, 0) is 66.9 Å². The molecule has 9 heteroatoms. The minimum absolute atomic E-state index is 0.122. The molecule has 5 aromatic rings. The van der Waals surface area contributed by atoms with Crippen molar-refractivity contribution < 1.29 is 17.6 Å². The van der Waals surface area contributed by atoms with Crippen molar-refractivity contribution >= 4 is 42.6 Å². The molecule has 7 nitrogen and oxygen atoms in total. The van der Waals surface area contributed by atoms with Crippen LogP contribution in [0.2, 0.25) is 0 Å². The summed E-state index contributed by atoms with van der Waals surface area (Å²) in [5.74, 6) is 0.324. The molecule has 2 aromatic heterocycles. The summed E-state index contributed by atoms with van der Waals surface area (Å²) in [6.07, 6.45) is 1.57. The van der Waals surface area contributed by atoms with Crippen LogP contribution in [0.3, 0.4) is 0 Å². The van der Waals surface area contributed by atoms with Crippen LogP contribution in [0.25, 0.3) is 10.2 Å². The lowest BCUT2D eigenvalue weighted by Gasteiger charge is -2.20. The van der Waals surface area contributed by atoms with Crippen LogP contribution in [-0.4, -0.2) is 30.7 Å². The van der Waals surface area contributed by atoms with Crippen LogP contribution in [0, 0.1) is 13.8 Å². The first-order valence-electron chi connectivity index (χ1n) is 12.1. The Balaban J connectivity index is 1.44. The number of nitrogens with zero attached hydrogens (tertiary/aromatic N) is 3. The molecule has 0 aliphatic rings. The van der Waals surface area contributed by atoms with Crippen LogP contribution < -0.4 is 4.90 Å². The summed E-state index contributed by atoms with van der Waals surface area (Å²) < 4.78 is 34.2. The Labute approximate surface area is 226 Å². The zero-order valence-corrected chi connectivity index (χ0v) is 22.9. The molecule has 0 bridgehead atoms. The Morgan fingerprint density at radius 2 is 1.61 bits per heavy atom. The molecule has 38 heavy (non-hydrogen) atoms. The number of thiazole rings is 1. The van der Waals surface area contributed by atoms with Crippen molar-refractivity contribution in [2.45, 2.75) is 31.8 Å². The molecule has 194 valence electrons. The van der Waals surface area contributed by atoms with Gasteiger partial charge < -0.3 is 4.42 Å². The molecular weight excluding hydrogens is 518 g/mol. The Morgan fingerprint density at radius 1 is 0.895 bits per heavy atom. The molecule has 0 fully saturated rings. The van der Waals surface area contributed by atoms with Crippen molar-refractivity contribution in [2.75, 3.05) is 11.9 Å². The monoisotopic (exact) mass is 545 g/mol. The summed E-state index contributed by atoms with van der Waals surface area (Å²) >= 11 is 1.45. The summed E-state index contributed by atoms with van der Waals surface area (Å²) in [5.41, 5.74) is 4.24. The third-order valence-corrected chi connectivity index (χ3v) is 9.39. The van der Waals surface area contributed by atoms with Crippen molar-refractivity contribution in [2.24, 2.45) is 0 Å². The number of hydrogen-bond donors (Lipinski definition) is 0. The van der Waals surface area contributed by atoms with Gasteiger partial charge in [0.25, 0.3) is 5.91 Å². The van der Waals surface area contributed by atoms with Gasteiger partial charge in [-0.25, -0.2) is 13.4 Å². The van der Waals surface area contributed by atoms with E-state index in [9.17, 15) is 13.2 Å². The van der Waals surface area contributed by atoms with Gasteiger partial charge in [0, 0.05) is 19.2 Å². The molecule has 3 aromatic carbocycles. The number of carbonyl (C=O) groups excluding carboxylic acids is 1. The van der Waals surface area contributed by atoms with Gasteiger partial charge in [-0.2, -0.15) is 4.31 Å². The van der Waals surface area contributed by atoms with E-state index in [-0.39, 0.29) is 23.9 Å². The maximum atomic E-state index is 13.7. The number of benzene rings is 3. The third-order valence-electron chi connectivity index (χ3n) is 6.36. The molecule has 0 atom stereocenters. The molecule has 0 N–H and O–H groups in total. The van der Waals surface area contributed by atoms with Gasteiger partial charge >= 0.3 is 0 Å². The number of hydrogen-bond acceptors (Lipinski definition) is 6. The lowest BCUT2D eigenvalue weighted by Crippen LogP contribution is -2.30. The lowest BCUT2D eigenvalue weighted by molar-refractivity contribution is 0.0983. The minimum atomic E-state index is -3.74. The third kappa shape index (κ3) is 5.13. The highest BCUT2D eigenvalue weighted by Crippen LogP contribution is 2.34. The maximum Gasteiger partial charge on any atom is 0.260 e. The van der Waals surface area contributed by atoms with Crippen molar-refractivity contribution in [3.63, 3.8) is 0 Å².